The molecule has 31 heavy (non-hydrogen) atoms. The highest BCUT2D eigenvalue weighted by molar-refractivity contribution is 6.42. The highest BCUT2D eigenvalue weighted by atomic mass is 35.5. The highest BCUT2D eigenvalue weighted by Crippen LogP contribution is 2.26. The average Bonchev–Trinajstić information content (AvgIpc) is 2.77. The number of fused-ring (bicyclic) bond motifs is 1. The zero-order valence-corrected chi connectivity index (χ0v) is 18.4. The Labute approximate surface area is 193 Å². The molecule has 0 aliphatic rings. The van der Waals surface area contributed by atoms with Crippen LogP contribution in [0.3, 0.4) is 0 Å². The number of anilines is 1. The van der Waals surface area contributed by atoms with E-state index in [1.54, 1.807) is 42.5 Å². The lowest BCUT2D eigenvalue weighted by atomic mass is 10.1. The van der Waals surface area contributed by atoms with Crippen LogP contribution in [-0.4, -0.2) is 15.7 Å². The van der Waals surface area contributed by atoms with E-state index in [1.165, 1.54) is 4.68 Å². The lowest BCUT2D eigenvalue weighted by Crippen LogP contribution is -2.26. The van der Waals surface area contributed by atoms with Gasteiger partial charge >= 0.3 is 0 Å². The van der Waals surface area contributed by atoms with E-state index < -0.39 is 0 Å². The van der Waals surface area contributed by atoms with Gasteiger partial charge in [-0.1, -0.05) is 65.1 Å². The number of carbonyl (C=O) groups is 1. The second kappa shape index (κ2) is 9.10. The summed E-state index contributed by atoms with van der Waals surface area (Å²) >= 11 is 17.9. The Morgan fingerprint density at radius 2 is 1.61 bits per heavy atom. The number of aryl methyl sites for hydroxylation is 1. The van der Waals surface area contributed by atoms with Crippen LogP contribution in [0.2, 0.25) is 15.1 Å². The number of benzene rings is 3. The zero-order valence-electron chi connectivity index (χ0n) is 16.1. The first kappa shape index (κ1) is 21.4. The summed E-state index contributed by atoms with van der Waals surface area (Å²) in [6, 6.07) is 19.3. The summed E-state index contributed by atoms with van der Waals surface area (Å²) in [6.45, 7) is 0.122. The molecule has 1 amide bonds. The Kier molecular flexibility index (Phi) is 6.28. The van der Waals surface area contributed by atoms with Gasteiger partial charge in [-0.2, -0.15) is 5.10 Å². The van der Waals surface area contributed by atoms with Gasteiger partial charge in [0, 0.05) is 28.1 Å². The lowest BCUT2D eigenvalue weighted by molar-refractivity contribution is -0.116. The third-order valence-corrected chi connectivity index (χ3v) is 5.73. The van der Waals surface area contributed by atoms with Gasteiger partial charge in [-0.15, -0.1) is 0 Å². The molecule has 1 aromatic heterocycles. The van der Waals surface area contributed by atoms with E-state index in [4.69, 9.17) is 34.8 Å². The van der Waals surface area contributed by atoms with Gasteiger partial charge in [-0.25, -0.2) is 4.68 Å². The molecule has 0 unspecified atom stereocenters. The molecule has 0 saturated heterocycles. The van der Waals surface area contributed by atoms with E-state index >= 15 is 0 Å². The van der Waals surface area contributed by atoms with Gasteiger partial charge in [0.25, 0.3) is 5.56 Å². The number of rotatable bonds is 5. The van der Waals surface area contributed by atoms with Gasteiger partial charge in [-0.05, 0) is 36.4 Å². The van der Waals surface area contributed by atoms with Crippen molar-refractivity contribution < 1.29 is 4.79 Å². The number of halogens is 3. The molecule has 0 aliphatic heterocycles. The largest absolute Gasteiger partial charge is 0.326 e. The number of nitrogens with zero attached hydrogens (tertiary/aromatic N) is 2. The number of aromatic nitrogens is 2. The molecule has 4 aromatic rings. The molecule has 0 spiro atoms. The Hall–Kier alpha value is -2.86. The minimum atomic E-state index is -0.270. The second-order valence-corrected chi connectivity index (χ2v) is 8.11. The van der Waals surface area contributed by atoms with Gasteiger partial charge in [0.15, 0.2) is 0 Å². The van der Waals surface area contributed by atoms with Gasteiger partial charge in [-0.3, -0.25) is 9.59 Å². The first-order chi connectivity index (χ1) is 14.9. The number of amides is 1. The Morgan fingerprint density at radius 1 is 0.903 bits per heavy atom. The van der Waals surface area contributed by atoms with Gasteiger partial charge in [0.05, 0.1) is 27.7 Å². The van der Waals surface area contributed by atoms with Crippen molar-refractivity contribution in [2.24, 2.45) is 0 Å². The number of hydrogen-bond donors (Lipinski definition) is 1. The summed E-state index contributed by atoms with van der Waals surface area (Å²) in [5.74, 6) is -0.270. The van der Waals surface area contributed by atoms with E-state index in [0.717, 1.165) is 10.9 Å². The quantitative estimate of drug-likeness (QED) is 0.384. The molecule has 156 valence electrons. The number of hydrogen-bond acceptors (Lipinski definition) is 3. The first-order valence-electron chi connectivity index (χ1n) is 9.43. The molecule has 3 aromatic carbocycles. The van der Waals surface area contributed by atoms with Crippen LogP contribution in [0.5, 0.6) is 0 Å². The summed E-state index contributed by atoms with van der Waals surface area (Å²) in [7, 11) is 0. The molecule has 1 heterocycles. The van der Waals surface area contributed by atoms with Crippen molar-refractivity contribution in [3.63, 3.8) is 0 Å². The summed E-state index contributed by atoms with van der Waals surface area (Å²) in [4.78, 5) is 25.3. The fraction of sp³-hybridized carbons (Fsp3) is 0.0870. The van der Waals surface area contributed by atoms with Crippen molar-refractivity contribution in [3.05, 3.63) is 92.2 Å². The minimum absolute atomic E-state index is 0.0611. The van der Waals surface area contributed by atoms with E-state index in [-0.39, 0.29) is 24.4 Å². The molecule has 0 saturated carbocycles. The molecule has 0 atom stereocenters. The fourth-order valence-corrected chi connectivity index (χ4v) is 3.64. The van der Waals surface area contributed by atoms with Gasteiger partial charge in [0.1, 0.15) is 0 Å². The van der Waals surface area contributed by atoms with E-state index in [2.05, 4.69) is 10.4 Å². The molecular weight excluding hydrogens is 457 g/mol. The third kappa shape index (κ3) is 4.74. The highest BCUT2D eigenvalue weighted by Gasteiger charge is 2.13. The van der Waals surface area contributed by atoms with Crippen LogP contribution >= 0.6 is 34.8 Å². The van der Waals surface area contributed by atoms with E-state index in [1.807, 2.05) is 24.3 Å². The van der Waals surface area contributed by atoms with Crippen LogP contribution in [0.25, 0.3) is 22.0 Å². The monoisotopic (exact) mass is 471 g/mol. The zero-order chi connectivity index (χ0) is 22.0. The molecule has 4 rings (SSSR count). The van der Waals surface area contributed by atoms with Crippen LogP contribution in [0, 0.1) is 0 Å². The lowest BCUT2D eigenvalue weighted by Gasteiger charge is -2.12. The average molecular weight is 473 g/mol. The Morgan fingerprint density at radius 3 is 2.32 bits per heavy atom. The van der Waals surface area contributed by atoms with Crippen LogP contribution in [0.4, 0.5) is 5.69 Å². The molecule has 0 bridgehead atoms. The second-order valence-electron chi connectivity index (χ2n) is 6.86. The molecule has 8 heteroatoms. The first-order valence-corrected chi connectivity index (χ1v) is 10.6. The van der Waals surface area contributed by atoms with Crippen LogP contribution < -0.4 is 10.9 Å². The molecule has 1 N–H and O–H groups in total. The summed E-state index contributed by atoms with van der Waals surface area (Å²) in [6.07, 6.45) is 0.0611. The van der Waals surface area contributed by atoms with Gasteiger partial charge < -0.3 is 5.32 Å². The maximum absolute atomic E-state index is 12.9. The standard InChI is InChI=1S/C23H16Cl3N3O2/c24-15-7-5-14(6-8-15)22-17-3-1-2-4-18(17)23(31)29(28-22)12-11-21(30)27-16-9-10-19(25)20(26)13-16/h1-10,13H,11-12H2,(H,27,30). The summed E-state index contributed by atoms with van der Waals surface area (Å²) in [5, 5.41) is 9.94. The summed E-state index contributed by atoms with van der Waals surface area (Å²) < 4.78 is 1.32. The SMILES string of the molecule is O=C(CCn1nc(-c2ccc(Cl)cc2)c2ccccc2c1=O)Nc1ccc(Cl)c(Cl)c1. The van der Waals surface area contributed by atoms with Crippen LogP contribution in [0.1, 0.15) is 6.42 Å². The predicted octanol–water partition coefficient (Wildman–Crippen LogP) is 6.05. The van der Waals surface area contributed by atoms with Crippen molar-refractivity contribution in [2.45, 2.75) is 13.0 Å². The minimum Gasteiger partial charge on any atom is -0.326 e. The summed E-state index contributed by atoms with van der Waals surface area (Å²) in [5.41, 5.74) is 1.75. The number of carbonyl (C=O) groups excluding carboxylic acids is 1. The molecule has 0 fully saturated rings. The topological polar surface area (TPSA) is 64.0 Å². The third-order valence-electron chi connectivity index (χ3n) is 4.74. The van der Waals surface area contributed by atoms with E-state index in [9.17, 15) is 9.59 Å². The smallest absolute Gasteiger partial charge is 0.274 e. The molecule has 0 aliphatic carbocycles. The van der Waals surface area contributed by atoms with Crippen LogP contribution in [-0.2, 0) is 11.3 Å². The maximum Gasteiger partial charge on any atom is 0.274 e. The fourth-order valence-electron chi connectivity index (χ4n) is 3.21. The molecule has 5 nitrogen and oxygen atoms in total. The molecule has 0 radical (unpaired) electrons. The Bertz CT molecular complexity index is 1330. The van der Waals surface area contributed by atoms with Crippen molar-refractivity contribution in [1.82, 2.24) is 9.78 Å². The maximum atomic E-state index is 12.9. The Balaban J connectivity index is 1.62. The van der Waals surface area contributed by atoms with Crippen LogP contribution in [0.15, 0.2) is 71.5 Å². The van der Waals surface area contributed by atoms with Crippen molar-refractivity contribution in [2.75, 3.05) is 5.32 Å². The molecular formula is C23H16Cl3N3O2. The number of nitrogens with one attached hydrogen (secondary N) is 1. The van der Waals surface area contributed by atoms with Gasteiger partial charge in [0.2, 0.25) is 5.91 Å². The predicted molar refractivity (Wildman–Crippen MR) is 126 cm³/mol. The van der Waals surface area contributed by atoms with Crippen molar-refractivity contribution >= 4 is 57.2 Å². The van der Waals surface area contributed by atoms with E-state index in [0.29, 0.717) is 31.8 Å². The van der Waals surface area contributed by atoms with Crippen molar-refractivity contribution in [3.8, 4) is 11.3 Å². The normalized spacial score (nSPS) is 10.9. The van der Waals surface area contributed by atoms with Crippen molar-refractivity contribution in [1.29, 1.82) is 0 Å².